The Morgan fingerprint density at radius 2 is 2.20 bits per heavy atom. The number of anilines is 1. The van der Waals surface area contributed by atoms with E-state index in [1.54, 1.807) is 7.11 Å². The number of ether oxygens (including phenoxy) is 1. The van der Waals surface area contributed by atoms with Crippen LogP contribution >= 0.6 is 0 Å². The maximum Gasteiger partial charge on any atom is 0.128 e. The first kappa shape index (κ1) is 12.0. The summed E-state index contributed by atoms with van der Waals surface area (Å²) >= 11 is 0. The molecule has 0 N–H and O–H groups in total. The Morgan fingerprint density at radius 1 is 1.40 bits per heavy atom. The summed E-state index contributed by atoms with van der Waals surface area (Å²) in [6.07, 6.45) is 2.93. The molecule has 0 spiro atoms. The average Bonchev–Trinajstić information content (AvgIpc) is 2.30. The van der Waals surface area contributed by atoms with Crippen LogP contribution in [0.25, 0.3) is 0 Å². The van der Waals surface area contributed by atoms with E-state index in [0.717, 1.165) is 31.9 Å². The maximum absolute atomic E-state index is 5.08. The fourth-order valence-electron chi connectivity index (χ4n) is 1.49. The molecule has 0 saturated heterocycles. The van der Waals surface area contributed by atoms with E-state index in [4.69, 9.17) is 4.74 Å². The Balaban J connectivity index is 2.72. The predicted molar refractivity (Wildman–Crippen MR) is 63.4 cm³/mol. The van der Waals surface area contributed by atoms with Crippen molar-refractivity contribution in [2.75, 3.05) is 31.7 Å². The van der Waals surface area contributed by atoms with Crippen LogP contribution in [0.1, 0.15) is 19.4 Å². The number of aromatic nitrogens is 1. The number of hydrogen-bond donors (Lipinski definition) is 0. The number of likely N-dealkylation sites (N-methyl/N-ethyl adjacent to an activating group) is 1. The molecule has 0 aliphatic carbocycles. The molecule has 0 bridgehead atoms. The molecular formula is C12H20N2O. The molecule has 0 atom stereocenters. The van der Waals surface area contributed by atoms with Crippen LogP contribution < -0.4 is 4.90 Å². The van der Waals surface area contributed by atoms with Crippen molar-refractivity contribution in [2.45, 2.75) is 20.3 Å². The summed E-state index contributed by atoms with van der Waals surface area (Å²) in [5, 5.41) is 0. The summed E-state index contributed by atoms with van der Waals surface area (Å²) in [4.78, 5) is 6.61. The highest BCUT2D eigenvalue weighted by Crippen LogP contribution is 2.12. The minimum atomic E-state index is 0.742. The normalized spacial score (nSPS) is 10.3. The van der Waals surface area contributed by atoms with Gasteiger partial charge in [0.1, 0.15) is 5.82 Å². The first-order valence-corrected chi connectivity index (χ1v) is 5.50. The van der Waals surface area contributed by atoms with Crippen LogP contribution in [0.2, 0.25) is 0 Å². The van der Waals surface area contributed by atoms with Crippen molar-refractivity contribution < 1.29 is 4.74 Å². The van der Waals surface area contributed by atoms with E-state index in [0.29, 0.717) is 0 Å². The highest BCUT2D eigenvalue weighted by Gasteiger charge is 2.05. The monoisotopic (exact) mass is 208 g/mol. The van der Waals surface area contributed by atoms with Gasteiger partial charge in [-0.3, -0.25) is 0 Å². The van der Waals surface area contributed by atoms with Crippen LogP contribution in [-0.4, -0.2) is 31.8 Å². The summed E-state index contributed by atoms with van der Waals surface area (Å²) in [5.74, 6) is 1.05. The first-order chi connectivity index (χ1) is 7.31. The number of pyridine rings is 1. The van der Waals surface area contributed by atoms with Crippen molar-refractivity contribution in [2.24, 2.45) is 0 Å². The van der Waals surface area contributed by atoms with E-state index in [1.165, 1.54) is 5.56 Å². The van der Waals surface area contributed by atoms with Gasteiger partial charge in [0, 0.05) is 26.4 Å². The fourth-order valence-corrected chi connectivity index (χ4v) is 1.49. The molecule has 0 unspecified atom stereocenters. The second-order valence-corrected chi connectivity index (χ2v) is 3.45. The van der Waals surface area contributed by atoms with E-state index < -0.39 is 0 Å². The largest absolute Gasteiger partial charge is 0.383 e. The maximum atomic E-state index is 5.08. The second-order valence-electron chi connectivity index (χ2n) is 3.45. The lowest BCUT2D eigenvalue weighted by molar-refractivity contribution is 0.205. The first-order valence-electron chi connectivity index (χ1n) is 5.50. The van der Waals surface area contributed by atoms with Gasteiger partial charge in [-0.1, -0.05) is 6.92 Å². The van der Waals surface area contributed by atoms with E-state index in [9.17, 15) is 0 Å². The molecule has 84 valence electrons. The Kier molecular flexibility index (Phi) is 5.12. The zero-order valence-corrected chi connectivity index (χ0v) is 9.86. The zero-order chi connectivity index (χ0) is 11.1. The van der Waals surface area contributed by atoms with Crippen LogP contribution in [0, 0.1) is 0 Å². The number of hydrogen-bond acceptors (Lipinski definition) is 3. The summed E-state index contributed by atoms with van der Waals surface area (Å²) in [6, 6.07) is 4.22. The van der Waals surface area contributed by atoms with Crippen LogP contribution in [0.4, 0.5) is 5.82 Å². The van der Waals surface area contributed by atoms with Crippen LogP contribution in [0.5, 0.6) is 0 Å². The van der Waals surface area contributed by atoms with E-state index in [2.05, 4.69) is 35.9 Å². The van der Waals surface area contributed by atoms with Gasteiger partial charge in [0.25, 0.3) is 0 Å². The lowest BCUT2D eigenvalue weighted by Gasteiger charge is -2.21. The molecule has 0 saturated carbocycles. The van der Waals surface area contributed by atoms with Crippen LogP contribution in [0.3, 0.4) is 0 Å². The molecule has 15 heavy (non-hydrogen) atoms. The third-order valence-electron chi connectivity index (χ3n) is 2.49. The van der Waals surface area contributed by atoms with Crippen molar-refractivity contribution in [3.8, 4) is 0 Å². The molecule has 0 fully saturated rings. The zero-order valence-electron chi connectivity index (χ0n) is 9.86. The molecule has 1 aromatic rings. The topological polar surface area (TPSA) is 25.4 Å². The minimum absolute atomic E-state index is 0.742. The van der Waals surface area contributed by atoms with Crippen molar-refractivity contribution >= 4 is 5.82 Å². The molecule has 1 rings (SSSR count). The predicted octanol–water partition coefficient (Wildman–Crippen LogP) is 2.12. The van der Waals surface area contributed by atoms with Gasteiger partial charge in [-0.25, -0.2) is 4.98 Å². The van der Waals surface area contributed by atoms with Crippen LogP contribution in [-0.2, 0) is 11.2 Å². The van der Waals surface area contributed by atoms with E-state index >= 15 is 0 Å². The van der Waals surface area contributed by atoms with Gasteiger partial charge in [-0.15, -0.1) is 0 Å². The summed E-state index contributed by atoms with van der Waals surface area (Å²) in [6.45, 7) is 6.89. The summed E-state index contributed by atoms with van der Waals surface area (Å²) in [7, 11) is 1.73. The molecule has 0 amide bonds. The van der Waals surface area contributed by atoms with Gasteiger partial charge in [0.05, 0.1) is 6.61 Å². The Labute approximate surface area is 92.1 Å². The third kappa shape index (κ3) is 3.51. The van der Waals surface area contributed by atoms with Crippen molar-refractivity contribution in [1.82, 2.24) is 4.98 Å². The number of methoxy groups -OCH3 is 1. The lowest BCUT2D eigenvalue weighted by atomic mass is 10.2. The minimum Gasteiger partial charge on any atom is -0.383 e. The SMILES string of the molecule is CCc1ccnc(N(CC)CCOC)c1. The summed E-state index contributed by atoms with van der Waals surface area (Å²) in [5.41, 5.74) is 1.33. The van der Waals surface area contributed by atoms with Gasteiger partial charge < -0.3 is 9.64 Å². The van der Waals surface area contributed by atoms with Gasteiger partial charge in [-0.05, 0) is 31.0 Å². The molecule has 0 radical (unpaired) electrons. The number of aryl methyl sites for hydroxylation is 1. The third-order valence-corrected chi connectivity index (χ3v) is 2.49. The molecule has 0 aliphatic rings. The van der Waals surface area contributed by atoms with Gasteiger partial charge in [0.2, 0.25) is 0 Å². The van der Waals surface area contributed by atoms with Crippen LogP contribution in [0.15, 0.2) is 18.3 Å². The standard InChI is InChI=1S/C12H20N2O/c1-4-11-6-7-13-12(10-11)14(5-2)8-9-15-3/h6-7,10H,4-5,8-9H2,1-3H3. The molecule has 0 aliphatic heterocycles. The highest BCUT2D eigenvalue weighted by molar-refractivity contribution is 5.40. The average molecular weight is 208 g/mol. The molecule has 1 aromatic heterocycles. The Hall–Kier alpha value is -1.09. The van der Waals surface area contributed by atoms with Crippen molar-refractivity contribution in [3.63, 3.8) is 0 Å². The summed E-state index contributed by atoms with van der Waals surface area (Å²) < 4.78 is 5.08. The van der Waals surface area contributed by atoms with Crippen molar-refractivity contribution in [3.05, 3.63) is 23.9 Å². The number of rotatable bonds is 6. The Morgan fingerprint density at radius 3 is 2.80 bits per heavy atom. The fraction of sp³-hybridized carbons (Fsp3) is 0.583. The smallest absolute Gasteiger partial charge is 0.128 e. The molecule has 1 heterocycles. The highest BCUT2D eigenvalue weighted by atomic mass is 16.5. The second kappa shape index (κ2) is 6.40. The van der Waals surface area contributed by atoms with Gasteiger partial charge >= 0.3 is 0 Å². The molecule has 3 nitrogen and oxygen atoms in total. The Bertz CT molecular complexity index is 289. The molecule has 3 heteroatoms. The quantitative estimate of drug-likeness (QED) is 0.716. The van der Waals surface area contributed by atoms with Gasteiger partial charge in [-0.2, -0.15) is 0 Å². The molecule has 0 aromatic carbocycles. The van der Waals surface area contributed by atoms with Crippen molar-refractivity contribution in [1.29, 1.82) is 0 Å². The van der Waals surface area contributed by atoms with Gasteiger partial charge in [0.15, 0.2) is 0 Å². The molecular weight excluding hydrogens is 188 g/mol. The number of nitrogens with zero attached hydrogens (tertiary/aromatic N) is 2. The lowest BCUT2D eigenvalue weighted by Crippen LogP contribution is -2.27. The van der Waals surface area contributed by atoms with E-state index in [1.807, 2.05) is 6.20 Å². The van der Waals surface area contributed by atoms with E-state index in [-0.39, 0.29) is 0 Å².